The number of ether oxygens (including phenoxy) is 4. The molecule has 0 bridgehead atoms. The molecule has 0 spiro atoms. The molecule has 0 aromatic carbocycles. The summed E-state index contributed by atoms with van der Waals surface area (Å²) in [5.74, 6) is -0.114. The molecule has 0 aromatic heterocycles. The number of rotatable bonds is 19. The summed E-state index contributed by atoms with van der Waals surface area (Å²) in [5, 5.41) is 0. The van der Waals surface area contributed by atoms with Crippen LogP contribution in [-0.4, -0.2) is 59.1 Å². The Morgan fingerprint density at radius 3 is 1.39 bits per heavy atom. The molecule has 0 amide bonds. The molecule has 0 aliphatic heterocycles. The van der Waals surface area contributed by atoms with E-state index in [1.165, 1.54) is 0 Å². The topological polar surface area (TPSA) is 54.0 Å². The van der Waals surface area contributed by atoms with Crippen molar-refractivity contribution in [1.82, 2.24) is 0 Å². The normalized spacial score (nSPS) is 11.3. The van der Waals surface area contributed by atoms with Gasteiger partial charge in [0.15, 0.2) is 0 Å². The summed E-state index contributed by atoms with van der Waals surface area (Å²) in [6, 6.07) is 0. The van der Waals surface area contributed by atoms with Gasteiger partial charge in [-0.25, -0.2) is 0 Å². The zero-order valence-electron chi connectivity index (χ0n) is 15.0. The highest BCUT2D eigenvalue weighted by Gasteiger charge is 2.08. The van der Waals surface area contributed by atoms with E-state index >= 15 is 0 Å². The van der Waals surface area contributed by atoms with Gasteiger partial charge in [0, 0.05) is 32.3 Å². The van der Waals surface area contributed by atoms with Crippen LogP contribution in [-0.2, 0) is 23.7 Å². The summed E-state index contributed by atoms with van der Waals surface area (Å²) in [4.78, 5) is 10.9. The molecule has 0 heterocycles. The molecular formula is C18H35O5. The van der Waals surface area contributed by atoms with Gasteiger partial charge in [0.05, 0.1) is 26.4 Å². The minimum absolute atomic E-state index is 0.114. The van der Waals surface area contributed by atoms with Gasteiger partial charge >= 0.3 is 0 Å². The molecule has 0 aromatic rings. The third-order valence-corrected chi connectivity index (χ3v) is 3.42. The Bertz CT molecular complexity index is 215. The fourth-order valence-electron chi connectivity index (χ4n) is 1.85. The Morgan fingerprint density at radius 1 is 0.652 bits per heavy atom. The van der Waals surface area contributed by atoms with Crippen molar-refractivity contribution in [1.29, 1.82) is 0 Å². The zero-order chi connectivity index (χ0) is 17.0. The van der Waals surface area contributed by atoms with Gasteiger partial charge in [-0.3, -0.25) is 4.79 Å². The molecule has 0 atom stereocenters. The van der Waals surface area contributed by atoms with Gasteiger partial charge < -0.3 is 18.9 Å². The third-order valence-electron chi connectivity index (χ3n) is 3.42. The molecule has 0 saturated carbocycles. The molecule has 0 unspecified atom stereocenters. The van der Waals surface area contributed by atoms with Crippen LogP contribution in [0.1, 0.15) is 52.4 Å². The van der Waals surface area contributed by atoms with Crippen LogP contribution in [0.25, 0.3) is 0 Å². The Kier molecular flexibility index (Phi) is 19.1. The quantitative estimate of drug-likeness (QED) is 0.340. The van der Waals surface area contributed by atoms with E-state index in [9.17, 15) is 4.79 Å². The van der Waals surface area contributed by atoms with Gasteiger partial charge in [-0.05, 0) is 25.7 Å². The van der Waals surface area contributed by atoms with Crippen LogP contribution in [0.15, 0.2) is 0 Å². The lowest BCUT2D eigenvalue weighted by atomic mass is 10.0. The summed E-state index contributed by atoms with van der Waals surface area (Å²) in [5.41, 5.74) is 0. The summed E-state index contributed by atoms with van der Waals surface area (Å²) in [6.07, 6.45) is 7.91. The third kappa shape index (κ3) is 17.7. The Hall–Kier alpha value is -0.490. The fourth-order valence-corrected chi connectivity index (χ4v) is 1.85. The number of carbonyl (C=O) groups excluding carboxylic acids is 1. The molecule has 0 rings (SSSR count). The van der Waals surface area contributed by atoms with E-state index in [1.807, 2.05) is 0 Å². The lowest BCUT2D eigenvalue weighted by Crippen LogP contribution is -2.13. The second-order valence-electron chi connectivity index (χ2n) is 5.55. The first-order valence-electron chi connectivity index (χ1n) is 9.03. The lowest BCUT2D eigenvalue weighted by molar-refractivity contribution is 0.0355. The monoisotopic (exact) mass is 331 g/mol. The van der Waals surface area contributed by atoms with E-state index in [0.717, 1.165) is 38.9 Å². The van der Waals surface area contributed by atoms with Crippen molar-refractivity contribution < 1.29 is 23.7 Å². The second kappa shape index (κ2) is 19.6. The van der Waals surface area contributed by atoms with Crippen LogP contribution in [0.5, 0.6) is 0 Å². The highest BCUT2D eigenvalue weighted by molar-refractivity contribution is 5.54. The number of hydrogen-bond acceptors (Lipinski definition) is 5. The van der Waals surface area contributed by atoms with Crippen LogP contribution in [0.4, 0.5) is 0 Å². The predicted octanol–water partition coefficient (Wildman–Crippen LogP) is 3.16. The fraction of sp³-hybridized carbons (Fsp3) is 0.944. The molecule has 5 heteroatoms. The summed E-state index contributed by atoms with van der Waals surface area (Å²) in [7, 11) is 0. The van der Waals surface area contributed by atoms with Gasteiger partial charge in [-0.2, -0.15) is 0 Å². The van der Waals surface area contributed by atoms with Crippen molar-refractivity contribution in [2.45, 2.75) is 52.4 Å². The Balaban J connectivity index is 3.30. The maximum Gasteiger partial charge on any atom is 0.201 e. The minimum Gasteiger partial charge on any atom is -0.379 e. The van der Waals surface area contributed by atoms with Crippen LogP contribution in [0.2, 0.25) is 0 Å². The van der Waals surface area contributed by atoms with Crippen molar-refractivity contribution in [3.05, 3.63) is 0 Å². The van der Waals surface area contributed by atoms with Gasteiger partial charge in [0.1, 0.15) is 0 Å². The zero-order valence-corrected chi connectivity index (χ0v) is 15.0. The molecule has 137 valence electrons. The molecule has 0 fully saturated rings. The van der Waals surface area contributed by atoms with Crippen molar-refractivity contribution in [2.75, 3.05) is 52.9 Å². The maximum atomic E-state index is 10.9. The van der Waals surface area contributed by atoms with E-state index in [-0.39, 0.29) is 5.92 Å². The largest absolute Gasteiger partial charge is 0.379 e. The van der Waals surface area contributed by atoms with Crippen LogP contribution < -0.4 is 0 Å². The van der Waals surface area contributed by atoms with E-state index in [0.29, 0.717) is 52.5 Å². The first-order valence-corrected chi connectivity index (χ1v) is 9.03. The summed E-state index contributed by atoms with van der Waals surface area (Å²) < 4.78 is 21.7. The smallest absolute Gasteiger partial charge is 0.201 e. The molecule has 23 heavy (non-hydrogen) atoms. The van der Waals surface area contributed by atoms with Crippen molar-refractivity contribution in [2.24, 2.45) is 5.92 Å². The highest BCUT2D eigenvalue weighted by atomic mass is 16.5. The highest BCUT2D eigenvalue weighted by Crippen LogP contribution is 2.06. The first-order chi connectivity index (χ1) is 11.3. The average Bonchev–Trinajstić information content (AvgIpc) is 2.57. The standard InChI is InChI=1S/C18H35O5/c1-3-5-9-20-13-15-22-11-7-18(17-19)8-12-23-16-14-21-10-6-4-2/h18H,3-16H2,1-2H3. The maximum absolute atomic E-state index is 10.9. The van der Waals surface area contributed by atoms with Crippen LogP contribution in [0, 0.1) is 5.92 Å². The van der Waals surface area contributed by atoms with Crippen molar-refractivity contribution >= 4 is 6.29 Å². The minimum atomic E-state index is -0.114. The molecule has 0 N–H and O–H groups in total. The van der Waals surface area contributed by atoms with E-state index in [1.54, 1.807) is 0 Å². The predicted molar refractivity (Wildman–Crippen MR) is 91.5 cm³/mol. The average molecular weight is 331 g/mol. The van der Waals surface area contributed by atoms with Gasteiger partial charge in [-0.15, -0.1) is 0 Å². The molecule has 0 aliphatic carbocycles. The summed E-state index contributed by atoms with van der Waals surface area (Å²) >= 11 is 0. The van der Waals surface area contributed by atoms with E-state index in [4.69, 9.17) is 18.9 Å². The number of unbranched alkanes of at least 4 members (excludes halogenated alkanes) is 2. The van der Waals surface area contributed by atoms with Crippen LogP contribution >= 0.6 is 0 Å². The molecule has 5 nitrogen and oxygen atoms in total. The lowest BCUT2D eigenvalue weighted by Gasteiger charge is -2.11. The number of hydrogen-bond donors (Lipinski definition) is 0. The van der Waals surface area contributed by atoms with Crippen LogP contribution in [0.3, 0.4) is 0 Å². The van der Waals surface area contributed by atoms with Gasteiger partial charge in [-0.1, -0.05) is 26.7 Å². The van der Waals surface area contributed by atoms with Gasteiger partial charge in [0.2, 0.25) is 6.29 Å². The SMILES string of the molecule is CCCCOCCOCCC([C]=O)CCOCCOCCCC. The molecular weight excluding hydrogens is 296 g/mol. The van der Waals surface area contributed by atoms with E-state index < -0.39 is 0 Å². The second-order valence-corrected chi connectivity index (χ2v) is 5.55. The molecule has 0 saturated heterocycles. The van der Waals surface area contributed by atoms with Crippen molar-refractivity contribution in [3.8, 4) is 0 Å². The summed E-state index contributed by atoms with van der Waals surface area (Å²) in [6.45, 7) is 9.41. The van der Waals surface area contributed by atoms with Gasteiger partial charge in [0.25, 0.3) is 0 Å². The Morgan fingerprint density at radius 2 is 1.04 bits per heavy atom. The Labute approximate surface area is 142 Å². The van der Waals surface area contributed by atoms with Crippen molar-refractivity contribution in [3.63, 3.8) is 0 Å². The molecule has 1 radical (unpaired) electrons. The first kappa shape index (κ1) is 22.5. The molecule has 0 aliphatic rings. The van der Waals surface area contributed by atoms with E-state index in [2.05, 4.69) is 20.1 Å².